The first kappa shape index (κ1) is 19.2. The van der Waals surface area contributed by atoms with E-state index < -0.39 is 0 Å². The van der Waals surface area contributed by atoms with Gasteiger partial charge in [0.2, 0.25) is 0 Å². The molecule has 0 spiro atoms. The van der Waals surface area contributed by atoms with Gasteiger partial charge in [0.05, 0.1) is 6.54 Å². The number of hydrogen-bond acceptors (Lipinski definition) is 2. The van der Waals surface area contributed by atoms with E-state index in [0.717, 1.165) is 18.7 Å². The minimum absolute atomic E-state index is 0. The smallest absolute Gasteiger partial charge is 0.193 e. The molecular formula is C15H27IN4. The Bertz CT molecular complexity index is 420. The lowest BCUT2D eigenvalue weighted by Crippen LogP contribution is -2.31. The van der Waals surface area contributed by atoms with Gasteiger partial charge in [-0.05, 0) is 45.0 Å². The van der Waals surface area contributed by atoms with Crippen LogP contribution in [0.4, 0.5) is 5.69 Å². The summed E-state index contributed by atoms with van der Waals surface area (Å²) in [5.74, 6) is 0.475. The molecule has 0 bridgehead atoms. The molecule has 4 nitrogen and oxygen atoms in total. The van der Waals surface area contributed by atoms with Gasteiger partial charge in [-0.1, -0.05) is 19.1 Å². The monoisotopic (exact) mass is 390 g/mol. The second-order valence-electron chi connectivity index (χ2n) is 5.00. The Morgan fingerprint density at radius 3 is 2.75 bits per heavy atom. The molecule has 0 saturated heterocycles. The van der Waals surface area contributed by atoms with Crippen molar-refractivity contribution in [1.29, 1.82) is 0 Å². The summed E-state index contributed by atoms with van der Waals surface area (Å²) in [4.78, 5) is 6.64. The first-order valence-corrected chi connectivity index (χ1v) is 6.86. The summed E-state index contributed by atoms with van der Waals surface area (Å²) in [6.45, 7) is 8.10. The van der Waals surface area contributed by atoms with Crippen molar-refractivity contribution in [2.75, 3.05) is 25.5 Å². The molecule has 0 heterocycles. The molecule has 1 unspecified atom stereocenters. The number of anilines is 1. The average molecular weight is 390 g/mol. The molecule has 0 amide bonds. The second kappa shape index (κ2) is 9.99. The van der Waals surface area contributed by atoms with Crippen LogP contribution >= 0.6 is 24.0 Å². The van der Waals surface area contributed by atoms with E-state index in [1.165, 1.54) is 5.56 Å². The lowest BCUT2D eigenvalue weighted by Gasteiger charge is -2.22. The molecule has 1 rings (SSSR count). The highest BCUT2D eigenvalue weighted by Crippen LogP contribution is 2.08. The van der Waals surface area contributed by atoms with E-state index in [4.69, 9.17) is 5.73 Å². The maximum absolute atomic E-state index is 5.87. The molecule has 0 aliphatic heterocycles. The number of aliphatic imine (C=N–C) groups is 1. The van der Waals surface area contributed by atoms with Crippen molar-refractivity contribution in [3.05, 3.63) is 29.8 Å². The number of nitrogens with one attached hydrogen (secondary N) is 1. The van der Waals surface area contributed by atoms with Gasteiger partial charge in [0.15, 0.2) is 5.96 Å². The van der Waals surface area contributed by atoms with Crippen LogP contribution in [0.2, 0.25) is 0 Å². The zero-order chi connectivity index (χ0) is 14.3. The van der Waals surface area contributed by atoms with E-state index in [-0.39, 0.29) is 24.0 Å². The summed E-state index contributed by atoms with van der Waals surface area (Å²) in [6, 6.07) is 8.68. The number of halogens is 1. The van der Waals surface area contributed by atoms with E-state index in [1.807, 2.05) is 18.2 Å². The number of nitrogens with two attached hydrogens (primary N) is 1. The van der Waals surface area contributed by atoms with Crippen molar-refractivity contribution in [3.8, 4) is 0 Å². The van der Waals surface area contributed by atoms with Crippen LogP contribution in [0.25, 0.3) is 0 Å². The molecule has 3 N–H and O–H groups in total. The van der Waals surface area contributed by atoms with Gasteiger partial charge in [-0.3, -0.25) is 4.99 Å². The van der Waals surface area contributed by atoms with Gasteiger partial charge in [-0.2, -0.15) is 0 Å². The van der Waals surface area contributed by atoms with Crippen molar-refractivity contribution in [1.82, 2.24) is 4.90 Å². The normalized spacial score (nSPS) is 12.9. The Balaban J connectivity index is 0.00000361. The fraction of sp³-hybridized carbons (Fsp3) is 0.533. The van der Waals surface area contributed by atoms with Crippen molar-refractivity contribution < 1.29 is 0 Å². The predicted molar refractivity (Wildman–Crippen MR) is 99.1 cm³/mol. The molecule has 20 heavy (non-hydrogen) atoms. The van der Waals surface area contributed by atoms with E-state index in [1.54, 1.807) is 0 Å². The zero-order valence-electron chi connectivity index (χ0n) is 12.9. The van der Waals surface area contributed by atoms with Gasteiger partial charge in [-0.25, -0.2) is 0 Å². The van der Waals surface area contributed by atoms with Crippen LogP contribution < -0.4 is 11.1 Å². The van der Waals surface area contributed by atoms with E-state index >= 15 is 0 Å². The number of nitrogens with zero attached hydrogens (tertiary/aromatic N) is 2. The van der Waals surface area contributed by atoms with Gasteiger partial charge in [0, 0.05) is 18.3 Å². The molecule has 114 valence electrons. The number of hydrogen-bond donors (Lipinski definition) is 2. The Morgan fingerprint density at radius 1 is 1.45 bits per heavy atom. The van der Waals surface area contributed by atoms with Crippen LogP contribution in [-0.2, 0) is 0 Å². The van der Waals surface area contributed by atoms with Crippen molar-refractivity contribution in [2.45, 2.75) is 33.2 Å². The summed E-state index contributed by atoms with van der Waals surface area (Å²) < 4.78 is 0. The minimum atomic E-state index is 0. The first-order valence-electron chi connectivity index (χ1n) is 6.86. The SMILES string of the molecule is CCC(C)N(C)CCN=C(N)Nc1cccc(C)c1.I. The predicted octanol–water partition coefficient (Wildman–Crippen LogP) is 3.07. The maximum atomic E-state index is 5.87. The highest BCUT2D eigenvalue weighted by Gasteiger charge is 2.05. The van der Waals surface area contributed by atoms with Crippen molar-refractivity contribution in [3.63, 3.8) is 0 Å². The fourth-order valence-corrected chi connectivity index (χ4v) is 1.77. The molecule has 0 aliphatic rings. The molecule has 1 atom stereocenters. The lowest BCUT2D eigenvalue weighted by atomic mass is 10.2. The average Bonchev–Trinajstić information content (AvgIpc) is 2.37. The number of aryl methyl sites for hydroxylation is 1. The fourth-order valence-electron chi connectivity index (χ4n) is 1.77. The molecule has 0 aliphatic carbocycles. The number of likely N-dealkylation sites (N-methyl/N-ethyl adjacent to an activating group) is 1. The van der Waals surface area contributed by atoms with Crippen LogP contribution in [0.3, 0.4) is 0 Å². The summed E-state index contributed by atoms with van der Waals surface area (Å²) in [6.07, 6.45) is 1.15. The van der Waals surface area contributed by atoms with Crippen molar-refractivity contribution >= 4 is 35.6 Å². The Hall–Kier alpha value is -0.820. The van der Waals surface area contributed by atoms with Crippen LogP contribution in [0.5, 0.6) is 0 Å². The molecule has 0 aromatic heterocycles. The largest absolute Gasteiger partial charge is 0.370 e. The maximum Gasteiger partial charge on any atom is 0.193 e. The Labute approximate surface area is 139 Å². The highest BCUT2D eigenvalue weighted by atomic mass is 127. The Kier molecular flexibility index (Phi) is 9.58. The third-order valence-corrected chi connectivity index (χ3v) is 3.37. The van der Waals surface area contributed by atoms with Crippen LogP contribution in [-0.4, -0.2) is 37.0 Å². The molecule has 0 fully saturated rings. The zero-order valence-corrected chi connectivity index (χ0v) is 15.2. The molecule has 1 aromatic carbocycles. The van der Waals surface area contributed by atoms with E-state index in [2.05, 4.69) is 49.1 Å². The van der Waals surface area contributed by atoms with Crippen LogP contribution in [0.15, 0.2) is 29.3 Å². The molecule has 0 radical (unpaired) electrons. The van der Waals surface area contributed by atoms with Gasteiger partial charge in [0.25, 0.3) is 0 Å². The van der Waals surface area contributed by atoms with Gasteiger partial charge < -0.3 is 16.0 Å². The first-order chi connectivity index (χ1) is 9.02. The molecule has 1 aromatic rings. The third kappa shape index (κ3) is 7.09. The summed E-state index contributed by atoms with van der Waals surface area (Å²) in [5.41, 5.74) is 8.06. The summed E-state index contributed by atoms with van der Waals surface area (Å²) in [5, 5.41) is 3.11. The minimum Gasteiger partial charge on any atom is -0.370 e. The summed E-state index contributed by atoms with van der Waals surface area (Å²) >= 11 is 0. The van der Waals surface area contributed by atoms with E-state index in [9.17, 15) is 0 Å². The third-order valence-electron chi connectivity index (χ3n) is 3.37. The quantitative estimate of drug-likeness (QED) is 0.446. The topological polar surface area (TPSA) is 53.6 Å². The lowest BCUT2D eigenvalue weighted by molar-refractivity contribution is 0.259. The molecular weight excluding hydrogens is 363 g/mol. The van der Waals surface area contributed by atoms with Gasteiger partial charge >= 0.3 is 0 Å². The Morgan fingerprint density at radius 2 is 2.15 bits per heavy atom. The molecule has 5 heteroatoms. The van der Waals surface area contributed by atoms with Gasteiger partial charge in [0.1, 0.15) is 0 Å². The standard InChI is InChI=1S/C15H26N4.HI/c1-5-13(3)19(4)10-9-17-15(16)18-14-8-6-7-12(2)11-14;/h6-8,11,13H,5,9-10H2,1-4H3,(H3,16,17,18);1H. The van der Waals surface area contributed by atoms with Crippen molar-refractivity contribution in [2.24, 2.45) is 10.7 Å². The van der Waals surface area contributed by atoms with Crippen LogP contribution in [0, 0.1) is 6.92 Å². The number of guanidine groups is 1. The number of benzene rings is 1. The summed E-state index contributed by atoms with van der Waals surface area (Å²) in [7, 11) is 2.12. The van der Waals surface area contributed by atoms with E-state index in [0.29, 0.717) is 18.5 Å². The number of rotatable bonds is 6. The molecule has 0 saturated carbocycles. The van der Waals surface area contributed by atoms with Gasteiger partial charge in [-0.15, -0.1) is 24.0 Å². The second-order valence-corrected chi connectivity index (χ2v) is 5.00. The van der Waals surface area contributed by atoms with Crippen LogP contribution in [0.1, 0.15) is 25.8 Å². The highest BCUT2D eigenvalue weighted by molar-refractivity contribution is 14.0.